The van der Waals surface area contributed by atoms with E-state index < -0.39 is 0 Å². The highest BCUT2D eigenvalue weighted by Crippen LogP contribution is 2.39. The average molecular weight is 188 g/mol. The molecule has 1 nitrogen and oxygen atoms in total. The van der Waals surface area contributed by atoms with E-state index in [1.165, 1.54) is 24.0 Å². The highest BCUT2D eigenvalue weighted by molar-refractivity contribution is 5.43. The van der Waals surface area contributed by atoms with Crippen molar-refractivity contribution in [2.24, 2.45) is 0 Å². The molecule has 0 saturated heterocycles. The van der Waals surface area contributed by atoms with Crippen LogP contribution in [0, 0.1) is 0 Å². The second-order valence-corrected chi connectivity index (χ2v) is 3.96. The lowest BCUT2D eigenvalue weighted by atomic mass is 9.80. The van der Waals surface area contributed by atoms with Crippen LogP contribution in [0.25, 0.3) is 0 Å². The van der Waals surface area contributed by atoms with Crippen LogP contribution in [0.1, 0.15) is 36.3 Å². The fourth-order valence-electron chi connectivity index (χ4n) is 2.41. The molecular formula is C13H16O. The van der Waals surface area contributed by atoms with Gasteiger partial charge in [-0.15, -0.1) is 6.58 Å². The summed E-state index contributed by atoms with van der Waals surface area (Å²) >= 11 is 0. The molecule has 1 unspecified atom stereocenters. The van der Waals surface area contributed by atoms with Gasteiger partial charge in [0.15, 0.2) is 0 Å². The highest BCUT2D eigenvalue weighted by Gasteiger charge is 2.21. The molecule has 14 heavy (non-hydrogen) atoms. The second kappa shape index (κ2) is 3.87. The molecule has 1 heteroatoms. The Kier molecular flexibility index (Phi) is 2.58. The minimum atomic E-state index is 0.467. The zero-order valence-electron chi connectivity index (χ0n) is 8.37. The van der Waals surface area contributed by atoms with Crippen LogP contribution in [0.4, 0.5) is 0 Å². The van der Waals surface area contributed by atoms with E-state index in [9.17, 15) is 5.11 Å². The smallest absolute Gasteiger partial charge is 0.119 e. The Morgan fingerprint density at radius 3 is 3.14 bits per heavy atom. The fourth-order valence-corrected chi connectivity index (χ4v) is 2.41. The van der Waals surface area contributed by atoms with Crippen LogP contribution in [0.5, 0.6) is 5.75 Å². The molecule has 1 atom stereocenters. The Morgan fingerprint density at radius 1 is 1.50 bits per heavy atom. The summed E-state index contributed by atoms with van der Waals surface area (Å²) in [5.41, 5.74) is 2.49. The molecule has 0 radical (unpaired) electrons. The van der Waals surface area contributed by atoms with Gasteiger partial charge in [0.25, 0.3) is 0 Å². The summed E-state index contributed by atoms with van der Waals surface area (Å²) in [4.78, 5) is 0. The standard InChI is InChI=1S/C13H16O/c1-2-5-10-6-3-7-11-8-4-9-12(14)13(10)11/h2,4,8-10,14H,1,3,5-7H2. The number of phenolic OH excluding ortho intramolecular Hbond substituents is 1. The lowest BCUT2D eigenvalue weighted by Crippen LogP contribution is -2.09. The Labute approximate surface area is 85.1 Å². The van der Waals surface area contributed by atoms with E-state index in [1.807, 2.05) is 12.1 Å². The molecule has 2 rings (SSSR count). The summed E-state index contributed by atoms with van der Waals surface area (Å²) in [6.45, 7) is 3.78. The maximum atomic E-state index is 9.82. The molecule has 74 valence electrons. The summed E-state index contributed by atoms with van der Waals surface area (Å²) in [6, 6.07) is 5.86. The van der Waals surface area contributed by atoms with Gasteiger partial charge >= 0.3 is 0 Å². The van der Waals surface area contributed by atoms with Crippen LogP contribution in [0.3, 0.4) is 0 Å². The van der Waals surface area contributed by atoms with E-state index in [4.69, 9.17) is 0 Å². The molecule has 0 heterocycles. The molecule has 0 amide bonds. The van der Waals surface area contributed by atoms with Crippen LogP contribution in [-0.4, -0.2) is 5.11 Å². The van der Waals surface area contributed by atoms with Crippen LogP contribution >= 0.6 is 0 Å². The summed E-state index contributed by atoms with van der Waals surface area (Å²) in [7, 11) is 0. The maximum Gasteiger partial charge on any atom is 0.119 e. The van der Waals surface area contributed by atoms with Crippen molar-refractivity contribution in [2.75, 3.05) is 0 Å². The molecular weight excluding hydrogens is 172 g/mol. The average Bonchev–Trinajstić information content (AvgIpc) is 2.19. The van der Waals surface area contributed by atoms with Crippen LogP contribution in [-0.2, 0) is 6.42 Å². The van der Waals surface area contributed by atoms with Gasteiger partial charge < -0.3 is 5.11 Å². The minimum Gasteiger partial charge on any atom is -0.508 e. The first-order chi connectivity index (χ1) is 6.83. The molecule has 0 saturated carbocycles. The van der Waals surface area contributed by atoms with E-state index in [0.29, 0.717) is 11.7 Å². The zero-order valence-corrected chi connectivity index (χ0v) is 8.37. The monoisotopic (exact) mass is 188 g/mol. The van der Waals surface area contributed by atoms with Crippen molar-refractivity contribution in [3.63, 3.8) is 0 Å². The number of aryl methyl sites for hydroxylation is 1. The normalized spacial score (nSPS) is 20.1. The van der Waals surface area contributed by atoms with Crippen LogP contribution < -0.4 is 0 Å². The third kappa shape index (κ3) is 1.54. The van der Waals surface area contributed by atoms with Gasteiger partial charge in [-0.3, -0.25) is 0 Å². The number of fused-ring (bicyclic) bond motifs is 1. The summed E-state index contributed by atoms with van der Waals surface area (Å²) < 4.78 is 0. The van der Waals surface area contributed by atoms with E-state index in [2.05, 4.69) is 12.6 Å². The third-order valence-corrected chi connectivity index (χ3v) is 3.03. The number of hydrogen-bond acceptors (Lipinski definition) is 1. The van der Waals surface area contributed by atoms with Crippen molar-refractivity contribution in [2.45, 2.75) is 31.6 Å². The molecule has 1 aliphatic carbocycles. The van der Waals surface area contributed by atoms with Crippen molar-refractivity contribution in [1.82, 2.24) is 0 Å². The van der Waals surface area contributed by atoms with Crippen molar-refractivity contribution >= 4 is 0 Å². The molecule has 1 aliphatic rings. The van der Waals surface area contributed by atoms with Gasteiger partial charge in [0.05, 0.1) is 0 Å². The molecule has 1 N–H and O–H groups in total. The first-order valence-electron chi connectivity index (χ1n) is 5.24. The van der Waals surface area contributed by atoms with Gasteiger partial charge in [-0.2, -0.15) is 0 Å². The molecule has 0 fully saturated rings. The quantitative estimate of drug-likeness (QED) is 0.705. The van der Waals surface area contributed by atoms with Gasteiger partial charge in [-0.1, -0.05) is 18.2 Å². The van der Waals surface area contributed by atoms with Crippen molar-refractivity contribution < 1.29 is 5.11 Å². The lowest BCUT2D eigenvalue weighted by Gasteiger charge is -2.25. The van der Waals surface area contributed by atoms with Gasteiger partial charge in [0.1, 0.15) is 5.75 Å². The highest BCUT2D eigenvalue weighted by atomic mass is 16.3. The van der Waals surface area contributed by atoms with Crippen molar-refractivity contribution in [3.8, 4) is 5.75 Å². The van der Waals surface area contributed by atoms with Gasteiger partial charge in [0, 0.05) is 5.56 Å². The van der Waals surface area contributed by atoms with Gasteiger partial charge in [-0.25, -0.2) is 0 Å². The fraction of sp³-hybridized carbons (Fsp3) is 0.385. The first-order valence-corrected chi connectivity index (χ1v) is 5.24. The molecule has 0 bridgehead atoms. The van der Waals surface area contributed by atoms with Gasteiger partial charge in [0.2, 0.25) is 0 Å². The van der Waals surface area contributed by atoms with E-state index >= 15 is 0 Å². The van der Waals surface area contributed by atoms with E-state index in [1.54, 1.807) is 6.07 Å². The zero-order chi connectivity index (χ0) is 9.97. The SMILES string of the molecule is C=CCC1CCCc2cccc(O)c21. The maximum absolute atomic E-state index is 9.82. The summed E-state index contributed by atoms with van der Waals surface area (Å²) in [6.07, 6.45) is 6.44. The van der Waals surface area contributed by atoms with Crippen LogP contribution in [0.15, 0.2) is 30.9 Å². The lowest BCUT2D eigenvalue weighted by molar-refractivity contribution is 0.446. The molecule has 0 aliphatic heterocycles. The van der Waals surface area contributed by atoms with E-state index in [-0.39, 0.29) is 0 Å². The molecule has 1 aromatic carbocycles. The Bertz CT molecular complexity index is 341. The van der Waals surface area contributed by atoms with Crippen molar-refractivity contribution in [3.05, 3.63) is 42.0 Å². The number of allylic oxidation sites excluding steroid dienone is 1. The predicted molar refractivity (Wildman–Crippen MR) is 58.6 cm³/mol. The van der Waals surface area contributed by atoms with Crippen LogP contribution in [0.2, 0.25) is 0 Å². The van der Waals surface area contributed by atoms with E-state index in [0.717, 1.165) is 12.8 Å². The molecule has 0 spiro atoms. The van der Waals surface area contributed by atoms with Gasteiger partial charge in [-0.05, 0) is 43.2 Å². The number of hydrogen-bond donors (Lipinski definition) is 1. The predicted octanol–water partition coefficient (Wildman–Crippen LogP) is 3.39. The number of phenols is 1. The largest absolute Gasteiger partial charge is 0.508 e. The van der Waals surface area contributed by atoms with Crippen molar-refractivity contribution in [1.29, 1.82) is 0 Å². The first kappa shape index (κ1) is 9.32. The number of benzene rings is 1. The summed E-state index contributed by atoms with van der Waals surface area (Å²) in [5.74, 6) is 0.950. The Hall–Kier alpha value is -1.24. The Balaban J connectivity index is 2.41. The third-order valence-electron chi connectivity index (χ3n) is 3.03. The summed E-state index contributed by atoms with van der Waals surface area (Å²) in [5, 5.41) is 9.82. The number of rotatable bonds is 2. The second-order valence-electron chi connectivity index (χ2n) is 3.96. The Morgan fingerprint density at radius 2 is 2.36 bits per heavy atom. The topological polar surface area (TPSA) is 20.2 Å². The minimum absolute atomic E-state index is 0.467. The molecule has 1 aromatic rings. The number of aromatic hydroxyl groups is 1. The molecule has 0 aromatic heterocycles.